The predicted molar refractivity (Wildman–Crippen MR) is 127 cm³/mol. The molecule has 5 rings (SSSR count). The first kappa shape index (κ1) is 20.8. The molecule has 0 bridgehead atoms. The summed E-state index contributed by atoms with van der Waals surface area (Å²) in [4.78, 5) is 32.0. The topological polar surface area (TPSA) is 75.9 Å². The Morgan fingerprint density at radius 2 is 1.94 bits per heavy atom. The summed E-state index contributed by atoms with van der Waals surface area (Å²) < 4.78 is 7.41. The Balaban J connectivity index is 1.37. The molecule has 0 aliphatic carbocycles. The summed E-state index contributed by atoms with van der Waals surface area (Å²) >= 11 is 0. The van der Waals surface area contributed by atoms with Crippen LogP contribution in [0.3, 0.4) is 0 Å². The Bertz CT molecular complexity index is 1310. The van der Waals surface area contributed by atoms with E-state index in [0.717, 1.165) is 28.2 Å². The van der Waals surface area contributed by atoms with Gasteiger partial charge < -0.3 is 19.4 Å². The zero-order chi connectivity index (χ0) is 22.9. The largest absolute Gasteiger partial charge is 0.495 e. The van der Waals surface area contributed by atoms with Crippen molar-refractivity contribution in [2.45, 2.75) is 13.3 Å². The van der Waals surface area contributed by atoms with Crippen molar-refractivity contribution in [2.75, 3.05) is 23.9 Å². The highest BCUT2D eigenvalue weighted by molar-refractivity contribution is 6.04. The molecule has 1 unspecified atom stereocenters. The van der Waals surface area contributed by atoms with E-state index in [9.17, 15) is 9.59 Å². The van der Waals surface area contributed by atoms with E-state index in [4.69, 9.17) is 4.74 Å². The molecule has 3 heterocycles. The summed E-state index contributed by atoms with van der Waals surface area (Å²) in [6.45, 7) is 2.35. The first-order valence-electron chi connectivity index (χ1n) is 10.8. The van der Waals surface area contributed by atoms with Gasteiger partial charge in [0.1, 0.15) is 11.4 Å². The van der Waals surface area contributed by atoms with Gasteiger partial charge in [-0.15, -0.1) is 0 Å². The minimum absolute atomic E-state index is 0.0515. The molecule has 166 valence electrons. The second kappa shape index (κ2) is 8.43. The highest BCUT2D eigenvalue weighted by Gasteiger charge is 2.35. The number of anilines is 2. The molecule has 1 fully saturated rings. The molecule has 7 nitrogen and oxygen atoms in total. The first-order chi connectivity index (χ1) is 16.0. The lowest BCUT2D eigenvalue weighted by Gasteiger charge is -2.17. The molecule has 0 radical (unpaired) electrons. The number of hydrogen-bond acceptors (Lipinski definition) is 4. The Morgan fingerprint density at radius 3 is 2.70 bits per heavy atom. The quantitative estimate of drug-likeness (QED) is 0.502. The summed E-state index contributed by atoms with van der Waals surface area (Å²) in [6, 6.07) is 19.2. The van der Waals surface area contributed by atoms with Gasteiger partial charge in [-0.05, 0) is 49.4 Å². The van der Waals surface area contributed by atoms with Crippen molar-refractivity contribution in [2.24, 2.45) is 5.92 Å². The van der Waals surface area contributed by atoms with E-state index in [1.54, 1.807) is 12.0 Å². The zero-order valence-corrected chi connectivity index (χ0v) is 18.5. The van der Waals surface area contributed by atoms with Crippen LogP contribution >= 0.6 is 0 Å². The maximum atomic E-state index is 13.1. The van der Waals surface area contributed by atoms with E-state index in [0.29, 0.717) is 18.0 Å². The van der Waals surface area contributed by atoms with Crippen LogP contribution in [-0.4, -0.2) is 34.9 Å². The second-order valence-electron chi connectivity index (χ2n) is 8.24. The van der Waals surface area contributed by atoms with Crippen LogP contribution in [0.5, 0.6) is 5.75 Å². The number of hydrogen-bond donors (Lipinski definition) is 1. The minimum Gasteiger partial charge on any atom is -0.495 e. The van der Waals surface area contributed by atoms with E-state index >= 15 is 0 Å². The number of nitrogens with one attached hydrogen (secondary N) is 1. The number of carbonyl (C=O) groups excluding carboxylic acids is 2. The van der Waals surface area contributed by atoms with Gasteiger partial charge in [-0.25, -0.2) is 4.98 Å². The Kier molecular flexibility index (Phi) is 5.30. The molecule has 2 amide bonds. The fraction of sp³-hybridized carbons (Fsp3) is 0.192. The average Bonchev–Trinajstić information content (AvgIpc) is 3.43. The van der Waals surface area contributed by atoms with Gasteiger partial charge >= 0.3 is 0 Å². The number of benzene rings is 2. The maximum absolute atomic E-state index is 13.1. The van der Waals surface area contributed by atoms with Gasteiger partial charge in [0, 0.05) is 36.6 Å². The van der Waals surface area contributed by atoms with Crippen molar-refractivity contribution in [3.8, 4) is 17.0 Å². The van der Waals surface area contributed by atoms with Crippen molar-refractivity contribution in [3.63, 3.8) is 0 Å². The molecule has 2 aromatic carbocycles. The molecule has 7 heteroatoms. The minimum atomic E-state index is -0.442. The highest BCUT2D eigenvalue weighted by Crippen LogP contribution is 2.32. The van der Waals surface area contributed by atoms with Crippen LogP contribution in [-0.2, 0) is 9.59 Å². The van der Waals surface area contributed by atoms with Crippen LogP contribution in [0.25, 0.3) is 16.9 Å². The van der Waals surface area contributed by atoms with Crippen molar-refractivity contribution < 1.29 is 14.3 Å². The van der Waals surface area contributed by atoms with Crippen LogP contribution in [0.4, 0.5) is 11.4 Å². The van der Waals surface area contributed by atoms with Crippen molar-refractivity contribution in [1.29, 1.82) is 0 Å². The van der Waals surface area contributed by atoms with E-state index in [1.165, 1.54) is 0 Å². The normalized spacial score (nSPS) is 15.8. The zero-order valence-electron chi connectivity index (χ0n) is 18.5. The third-order valence-electron chi connectivity index (χ3n) is 5.96. The Labute approximate surface area is 191 Å². The van der Waals surface area contributed by atoms with Crippen LogP contribution in [0, 0.1) is 12.8 Å². The summed E-state index contributed by atoms with van der Waals surface area (Å²) in [7, 11) is 1.56. The second-order valence-corrected chi connectivity index (χ2v) is 8.24. The van der Waals surface area contributed by atoms with E-state index in [2.05, 4.69) is 10.3 Å². The number of carbonyl (C=O) groups is 2. The van der Waals surface area contributed by atoms with Crippen LogP contribution in [0.2, 0.25) is 0 Å². The highest BCUT2D eigenvalue weighted by atomic mass is 16.5. The van der Waals surface area contributed by atoms with Gasteiger partial charge in [-0.2, -0.15) is 0 Å². The maximum Gasteiger partial charge on any atom is 0.229 e. The number of aromatic nitrogens is 2. The number of ether oxygens (including phenoxy) is 1. The van der Waals surface area contributed by atoms with Crippen LogP contribution in [0.1, 0.15) is 12.0 Å². The first-order valence-corrected chi connectivity index (χ1v) is 10.8. The van der Waals surface area contributed by atoms with Gasteiger partial charge in [0.25, 0.3) is 0 Å². The van der Waals surface area contributed by atoms with E-state index in [1.807, 2.05) is 84.4 Å². The van der Waals surface area contributed by atoms with Gasteiger partial charge in [0.15, 0.2) is 0 Å². The lowest BCUT2D eigenvalue weighted by atomic mass is 10.1. The molecule has 4 aromatic rings. The van der Waals surface area contributed by atoms with Gasteiger partial charge in [0.2, 0.25) is 11.8 Å². The average molecular weight is 441 g/mol. The molecular formula is C26H24N4O3. The number of aryl methyl sites for hydroxylation is 1. The summed E-state index contributed by atoms with van der Waals surface area (Å²) in [5.41, 5.74) is 4.98. The number of nitrogens with zero attached hydrogens (tertiary/aromatic N) is 3. The van der Waals surface area contributed by atoms with Crippen LogP contribution in [0.15, 0.2) is 73.1 Å². The molecule has 0 spiro atoms. The number of amides is 2. The molecule has 0 saturated carbocycles. The fourth-order valence-electron chi connectivity index (χ4n) is 4.13. The molecular weight excluding hydrogens is 416 g/mol. The number of rotatable bonds is 5. The lowest BCUT2D eigenvalue weighted by molar-refractivity contribution is -0.122. The number of imidazole rings is 1. The number of fused-ring (bicyclic) bond motifs is 1. The Hall–Kier alpha value is -4.13. The smallest absolute Gasteiger partial charge is 0.229 e. The third-order valence-corrected chi connectivity index (χ3v) is 5.96. The van der Waals surface area contributed by atoms with Crippen molar-refractivity contribution >= 4 is 28.8 Å². The van der Waals surface area contributed by atoms with Gasteiger partial charge in [-0.3, -0.25) is 9.59 Å². The summed E-state index contributed by atoms with van der Waals surface area (Å²) in [5.74, 6) is -0.147. The van der Waals surface area contributed by atoms with E-state index < -0.39 is 5.92 Å². The van der Waals surface area contributed by atoms with Crippen molar-refractivity contribution in [3.05, 3.63) is 78.6 Å². The standard InChI is InChI=1S/C26H24N4O3/c1-17-6-9-20(10-7-17)30-15-19(14-25(30)31)26(32)28-21-13-18(8-11-23(21)33-2)22-16-29-12-4-3-5-24(29)27-22/h3-13,16,19H,14-15H2,1-2H3,(H,28,32). The molecule has 1 saturated heterocycles. The van der Waals surface area contributed by atoms with Crippen LogP contribution < -0.4 is 15.0 Å². The molecule has 33 heavy (non-hydrogen) atoms. The molecule has 1 aliphatic rings. The SMILES string of the molecule is COc1ccc(-c2cn3ccccc3n2)cc1NC(=O)C1CC(=O)N(c2ccc(C)cc2)C1. The lowest BCUT2D eigenvalue weighted by Crippen LogP contribution is -2.28. The number of methoxy groups -OCH3 is 1. The van der Waals surface area contributed by atoms with E-state index in [-0.39, 0.29) is 18.2 Å². The summed E-state index contributed by atoms with van der Waals surface area (Å²) in [5, 5.41) is 2.97. The van der Waals surface area contributed by atoms with Gasteiger partial charge in [0.05, 0.1) is 24.4 Å². The van der Waals surface area contributed by atoms with Gasteiger partial charge in [-0.1, -0.05) is 23.8 Å². The molecule has 1 atom stereocenters. The predicted octanol–water partition coefficient (Wildman–Crippen LogP) is 4.31. The van der Waals surface area contributed by atoms with Crippen molar-refractivity contribution in [1.82, 2.24) is 9.38 Å². The summed E-state index contributed by atoms with van der Waals surface area (Å²) in [6.07, 6.45) is 4.06. The fourth-order valence-corrected chi connectivity index (χ4v) is 4.13. The third kappa shape index (κ3) is 4.05. The molecule has 1 N–H and O–H groups in total. The number of pyridine rings is 1. The Morgan fingerprint density at radius 1 is 1.12 bits per heavy atom. The molecule has 2 aromatic heterocycles. The monoisotopic (exact) mass is 440 g/mol. The molecule has 1 aliphatic heterocycles.